The van der Waals surface area contributed by atoms with Crippen LogP contribution < -0.4 is 0 Å². The maximum atomic E-state index is 12.2. The van der Waals surface area contributed by atoms with E-state index < -0.39 is 9.84 Å². The highest BCUT2D eigenvalue weighted by Gasteiger charge is 2.22. The van der Waals surface area contributed by atoms with E-state index in [0.717, 1.165) is 21.3 Å². The number of fused-ring (bicyclic) bond motifs is 1. The molecule has 0 radical (unpaired) electrons. The third-order valence-corrected chi connectivity index (χ3v) is 6.76. The van der Waals surface area contributed by atoms with Crippen LogP contribution in [0.4, 0.5) is 0 Å². The second kappa shape index (κ2) is 5.46. The number of hydrogen-bond donors (Lipinski definition) is 0. The Kier molecular flexibility index (Phi) is 4.27. The van der Waals surface area contributed by atoms with Gasteiger partial charge < -0.3 is 0 Å². The first-order chi connectivity index (χ1) is 8.83. The Morgan fingerprint density at radius 3 is 2.63 bits per heavy atom. The Morgan fingerprint density at radius 1 is 1.37 bits per heavy atom. The van der Waals surface area contributed by atoms with E-state index in [1.807, 2.05) is 26.8 Å². The van der Waals surface area contributed by atoms with Crippen molar-refractivity contribution in [3.05, 3.63) is 16.2 Å². The van der Waals surface area contributed by atoms with Gasteiger partial charge in [0.2, 0.25) is 14.2 Å². The van der Waals surface area contributed by atoms with Crippen molar-refractivity contribution in [2.45, 2.75) is 31.5 Å². The summed E-state index contributed by atoms with van der Waals surface area (Å²) >= 11 is 4.63. The predicted octanol–water partition coefficient (Wildman–Crippen LogP) is 3.45. The lowest BCUT2D eigenvalue weighted by Gasteiger charge is -2.02. The van der Waals surface area contributed by atoms with Gasteiger partial charge in [-0.2, -0.15) is 0 Å². The zero-order chi connectivity index (χ0) is 14.2. The summed E-state index contributed by atoms with van der Waals surface area (Å²) in [5, 5.41) is 0. The molecule has 0 spiro atoms. The maximum Gasteiger partial charge on any atom is 0.211 e. The fraction of sp³-hybridized carbons (Fsp3) is 0.500. The zero-order valence-corrected chi connectivity index (χ0v) is 14.2. The second-order valence-electron chi connectivity index (χ2n) is 4.75. The molecule has 0 unspecified atom stereocenters. The molecule has 0 saturated heterocycles. The molecule has 19 heavy (non-hydrogen) atoms. The number of hydrogen-bond acceptors (Lipinski definition) is 5. The van der Waals surface area contributed by atoms with Crippen LogP contribution in [0.1, 0.15) is 26.5 Å². The number of thiazole rings is 1. The molecule has 0 aliphatic rings. The largest absolute Gasteiger partial charge is 0.231 e. The monoisotopic (exact) mass is 362 g/mol. The molecule has 0 N–H and O–H groups in total. The first-order valence-corrected chi connectivity index (χ1v) is 9.28. The van der Waals surface area contributed by atoms with Gasteiger partial charge in [-0.25, -0.2) is 18.4 Å². The predicted molar refractivity (Wildman–Crippen MR) is 81.4 cm³/mol. The number of nitrogens with zero attached hydrogens (tertiary/aromatic N) is 2. The molecular formula is C12H15BrN2O2S2. The molecule has 0 atom stereocenters. The van der Waals surface area contributed by atoms with Crippen molar-refractivity contribution in [2.75, 3.05) is 5.75 Å². The minimum absolute atomic E-state index is 0.0860. The molecule has 0 aromatic carbocycles. The second-order valence-corrected chi connectivity index (χ2v) is 8.84. The number of halogens is 1. The molecule has 0 fully saturated rings. The van der Waals surface area contributed by atoms with Gasteiger partial charge in [-0.3, -0.25) is 0 Å². The van der Waals surface area contributed by atoms with E-state index in [-0.39, 0.29) is 16.0 Å². The fourth-order valence-corrected chi connectivity index (χ4v) is 5.41. The SMILES string of the molecule is CCc1nc2nc(S(=O)(=O)CC(C)C)sc2cc1Br. The molecule has 2 rings (SSSR count). The van der Waals surface area contributed by atoms with Crippen LogP contribution in [0.15, 0.2) is 14.9 Å². The molecule has 7 heteroatoms. The zero-order valence-electron chi connectivity index (χ0n) is 11.0. The van der Waals surface area contributed by atoms with E-state index in [1.54, 1.807) is 0 Å². The molecule has 104 valence electrons. The van der Waals surface area contributed by atoms with Crippen LogP contribution in [0.25, 0.3) is 10.3 Å². The highest BCUT2D eigenvalue weighted by atomic mass is 79.9. The van der Waals surface area contributed by atoms with Gasteiger partial charge in [0.05, 0.1) is 16.1 Å². The van der Waals surface area contributed by atoms with Crippen LogP contribution in [-0.2, 0) is 16.3 Å². The minimum Gasteiger partial charge on any atom is -0.231 e. The van der Waals surface area contributed by atoms with Gasteiger partial charge in [0.1, 0.15) is 0 Å². The molecule has 2 aromatic heterocycles. The summed E-state index contributed by atoms with van der Waals surface area (Å²) in [5.74, 6) is 0.206. The average molecular weight is 363 g/mol. The number of rotatable bonds is 4. The minimum atomic E-state index is -3.30. The summed E-state index contributed by atoms with van der Waals surface area (Å²) in [6.07, 6.45) is 0.780. The molecule has 0 saturated carbocycles. The van der Waals surface area contributed by atoms with Gasteiger partial charge >= 0.3 is 0 Å². The highest BCUT2D eigenvalue weighted by molar-refractivity contribution is 9.10. The summed E-state index contributed by atoms with van der Waals surface area (Å²) in [6, 6.07) is 1.90. The topological polar surface area (TPSA) is 59.9 Å². The van der Waals surface area contributed by atoms with Crippen LogP contribution in [0, 0.1) is 5.92 Å². The van der Waals surface area contributed by atoms with Crippen molar-refractivity contribution in [1.82, 2.24) is 9.97 Å². The number of aryl methyl sites for hydroxylation is 1. The third kappa shape index (κ3) is 3.14. The van der Waals surface area contributed by atoms with Crippen molar-refractivity contribution in [3.63, 3.8) is 0 Å². The van der Waals surface area contributed by atoms with Crippen LogP contribution in [-0.4, -0.2) is 24.1 Å². The molecule has 0 amide bonds. The van der Waals surface area contributed by atoms with Crippen molar-refractivity contribution < 1.29 is 8.42 Å². The van der Waals surface area contributed by atoms with Crippen LogP contribution >= 0.6 is 27.3 Å². The lowest BCUT2D eigenvalue weighted by molar-refractivity contribution is 0.582. The highest BCUT2D eigenvalue weighted by Crippen LogP contribution is 2.29. The molecule has 0 aliphatic carbocycles. The van der Waals surface area contributed by atoms with Gasteiger partial charge in [0.25, 0.3) is 0 Å². The summed E-state index contributed by atoms with van der Waals surface area (Å²) in [7, 11) is -3.30. The average Bonchev–Trinajstić information content (AvgIpc) is 2.69. The van der Waals surface area contributed by atoms with Crippen molar-refractivity contribution >= 4 is 47.5 Å². The normalized spacial score (nSPS) is 12.5. The van der Waals surface area contributed by atoms with E-state index in [4.69, 9.17) is 0 Å². The van der Waals surface area contributed by atoms with Gasteiger partial charge in [0.15, 0.2) is 5.65 Å². The third-order valence-electron chi connectivity index (χ3n) is 2.54. The van der Waals surface area contributed by atoms with Crippen molar-refractivity contribution in [3.8, 4) is 0 Å². The Balaban J connectivity index is 2.53. The smallest absolute Gasteiger partial charge is 0.211 e. The van der Waals surface area contributed by atoms with Gasteiger partial charge in [0, 0.05) is 4.47 Å². The van der Waals surface area contributed by atoms with E-state index in [0.29, 0.717) is 5.65 Å². The first kappa shape index (κ1) is 14.9. The van der Waals surface area contributed by atoms with Crippen molar-refractivity contribution in [2.24, 2.45) is 5.92 Å². The summed E-state index contributed by atoms with van der Waals surface area (Å²) in [4.78, 5) is 8.58. The number of aromatic nitrogens is 2. The Morgan fingerprint density at radius 2 is 2.05 bits per heavy atom. The Labute approximate surface area is 125 Å². The summed E-state index contributed by atoms with van der Waals surface area (Å²) in [5.41, 5.74) is 1.41. The molecule has 4 nitrogen and oxygen atoms in total. The first-order valence-electron chi connectivity index (χ1n) is 6.02. The molecule has 0 bridgehead atoms. The summed E-state index contributed by atoms with van der Waals surface area (Å²) < 4.78 is 26.2. The van der Waals surface area contributed by atoms with E-state index in [1.165, 1.54) is 11.3 Å². The fourth-order valence-electron chi connectivity index (χ4n) is 1.75. The van der Waals surface area contributed by atoms with Gasteiger partial charge in [-0.1, -0.05) is 20.8 Å². The Hall–Kier alpha value is -0.530. The van der Waals surface area contributed by atoms with E-state index in [9.17, 15) is 8.42 Å². The quantitative estimate of drug-likeness (QED) is 0.835. The van der Waals surface area contributed by atoms with Crippen LogP contribution in [0.2, 0.25) is 0 Å². The molecule has 2 heterocycles. The lowest BCUT2D eigenvalue weighted by atomic mass is 10.3. The molecule has 2 aromatic rings. The standard InChI is InChI=1S/C12H15BrN2O2S2/c1-4-9-8(13)5-10-11(14-9)15-12(18-10)19(16,17)6-7(2)3/h5,7H,4,6H2,1-3H3. The van der Waals surface area contributed by atoms with Crippen LogP contribution in [0.5, 0.6) is 0 Å². The van der Waals surface area contributed by atoms with Gasteiger partial charge in [-0.05, 0) is 34.3 Å². The van der Waals surface area contributed by atoms with E-state index >= 15 is 0 Å². The lowest BCUT2D eigenvalue weighted by Crippen LogP contribution is -2.11. The van der Waals surface area contributed by atoms with Crippen molar-refractivity contribution in [1.29, 1.82) is 0 Å². The van der Waals surface area contributed by atoms with E-state index in [2.05, 4.69) is 25.9 Å². The maximum absolute atomic E-state index is 12.2. The van der Waals surface area contributed by atoms with Gasteiger partial charge in [-0.15, -0.1) is 11.3 Å². The molecular weight excluding hydrogens is 348 g/mol. The summed E-state index contributed by atoms with van der Waals surface area (Å²) in [6.45, 7) is 5.77. The van der Waals surface area contributed by atoms with Crippen LogP contribution in [0.3, 0.4) is 0 Å². The molecule has 0 aliphatic heterocycles. The Bertz CT molecular complexity index is 708. The number of sulfone groups is 1. The number of pyridine rings is 1.